The van der Waals surface area contributed by atoms with Gasteiger partial charge >= 0.3 is 0 Å². The summed E-state index contributed by atoms with van der Waals surface area (Å²) in [4.78, 5) is 0. The Morgan fingerprint density at radius 1 is 1.21 bits per heavy atom. The predicted molar refractivity (Wildman–Crippen MR) is 66.9 cm³/mol. The van der Waals surface area contributed by atoms with E-state index in [1.54, 1.807) is 0 Å². The van der Waals surface area contributed by atoms with E-state index in [1.165, 1.54) is 36.4 Å². The second-order valence-corrected chi connectivity index (χ2v) is 4.16. The molecule has 0 spiro atoms. The van der Waals surface area contributed by atoms with E-state index in [0.29, 0.717) is 5.56 Å². The van der Waals surface area contributed by atoms with Crippen molar-refractivity contribution in [3.63, 3.8) is 0 Å². The van der Waals surface area contributed by atoms with Crippen LogP contribution < -0.4 is 4.74 Å². The fourth-order valence-electron chi connectivity index (χ4n) is 1.56. The number of hydrogen-bond donors (Lipinski definition) is 0. The lowest BCUT2D eigenvalue weighted by molar-refractivity contribution is 0.289. The third kappa shape index (κ3) is 3.01. The molecule has 0 aliphatic carbocycles. The topological polar surface area (TPSA) is 33.0 Å². The number of para-hydroxylation sites is 1. The van der Waals surface area contributed by atoms with Crippen molar-refractivity contribution in [3.8, 4) is 11.8 Å². The largest absolute Gasteiger partial charge is 0.484 e. The van der Waals surface area contributed by atoms with Gasteiger partial charge in [0.05, 0.1) is 16.7 Å². The molecule has 2 rings (SSSR count). The Kier molecular flexibility index (Phi) is 3.98. The summed E-state index contributed by atoms with van der Waals surface area (Å²) in [6, 6.07) is 9.75. The Labute approximate surface area is 113 Å². The summed E-state index contributed by atoms with van der Waals surface area (Å²) in [6.07, 6.45) is 0. The summed E-state index contributed by atoms with van der Waals surface area (Å²) in [5.41, 5.74) is 0.607. The van der Waals surface area contributed by atoms with E-state index < -0.39 is 11.6 Å². The fraction of sp³-hybridized carbons (Fsp3) is 0.0714. The summed E-state index contributed by atoms with van der Waals surface area (Å²) in [7, 11) is 0. The highest BCUT2D eigenvalue weighted by Gasteiger charge is 2.10. The van der Waals surface area contributed by atoms with Gasteiger partial charge in [-0.25, -0.2) is 8.78 Å². The highest BCUT2D eigenvalue weighted by atomic mass is 35.5. The van der Waals surface area contributed by atoms with Crippen LogP contribution in [0.4, 0.5) is 8.78 Å². The van der Waals surface area contributed by atoms with Gasteiger partial charge in [-0.05, 0) is 30.3 Å². The van der Waals surface area contributed by atoms with Crippen molar-refractivity contribution in [1.29, 1.82) is 5.26 Å². The molecule has 2 aromatic rings. The van der Waals surface area contributed by atoms with Crippen molar-refractivity contribution in [2.75, 3.05) is 0 Å². The van der Waals surface area contributed by atoms with Gasteiger partial charge in [0.15, 0.2) is 11.6 Å². The third-order valence-electron chi connectivity index (χ3n) is 2.48. The quantitative estimate of drug-likeness (QED) is 0.848. The molecule has 0 aliphatic rings. The summed E-state index contributed by atoms with van der Waals surface area (Å²) in [6.45, 7) is -0.138. The molecule has 96 valence electrons. The highest BCUT2D eigenvalue weighted by Crippen LogP contribution is 2.28. The molecule has 0 aliphatic heterocycles. The lowest BCUT2D eigenvalue weighted by Gasteiger charge is -2.10. The molecule has 0 radical (unpaired) electrons. The molecule has 0 fully saturated rings. The zero-order chi connectivity index (χ0) is 13.8. The predicted octanol–water partition coefficient (Wildman–Crippen LogP) is 4.07. The SMILES string of the molecule is N#Cc1ccc(F)cc1COc1c(F)cccc1Cl. The average molecular weight is 280 g/mol. The van der Waals surface area contributed by atoms with E-state index in [4.69, 9.17) is 21.6 Å². The van der Waals surface area contributed by atoms with E-state index in [2.05, 4.69) is 0 Å². The zero-order valence-corrected chi connectivity index (χ0v) is 10.4. The van der Waals surface area contributed by atoms with Gasteiger partial charge < -0.3 is 4.74 Å². The summed E-state index contributed by atoms with van der Waals surface area (Å²) >= 11 is 5.80. The molecule has 0 saturated carbocycles. The van der Waals surface area contributed by atoms with Crippen molar-refractivity contribution in [3.05, 3.63) is 64.2 Å². The third-order valence-corrected chi connectivity index (χ3v) is 2.78. The maximum Gasteiger partial charge on any atom is 0.174 e. The van der Waals surface area contributed by atoms with E-state index in [1.807, 2.05) is 6.07 Å². The van der Waals surface area contributed by atoms with Gasteiger partial charge in [-0.2, -0.15) is 5.26 Å². The summed E-state index contributed by atoms with van der Waals surface area (Å²) in [5.74, 6) is -1.21. The van der Waals surface area contributed by atoms with Gasteiger partial charge in [0.25, 0.3) is 0 Å². The number of rotatable bonds is 3. The van der Waals surface area contributed by atoms with Crippen LogP contribution in [0.25, 0.3) is 0 Å². The lowest BCUT2D eigenvalue weighted by atomic mass is 10.1. The first-order valence-electron chi connectivity index (χ1n) is 5.37. The minimum Gasteiger partial charge on any atom is -0.484 e. The molecule has 5 heteroatoms. The van der Waals surface area contributed by atoms with Crippen LogP contribution >= 0.6 is 11.6 Å². The maximum absolute atomic E-state index is 13.5. The van der Waals surface area contributed by atoms with Crippen LogP contribution in [0.5, 0.6) is 5.75 Å². The first kappa shape index (κ1) is 13.3. The standard InChI is InChI=1S/C14H8ClF2NO/c15-12-2-1-3-13(17)14(12)19-8-10-6-11(16)5-4-9(10)7-18/h1-6H,8H2. The molecule has 0 N–H and O–H groups in total. The van der Waals surface area contributed by atoms with E-state index in [0.717, 1.165) is 0 Å². The summed E-state index contributed by atoms with van der Waals surface area (Å²) in [5, 5.41) is 9.01. The van der Waals surface area contributed by atoms with Gasteiger partial charge in [0.2, 0.25) is 0 Å². The Hall–Kier alpha value is -2.12. The smallest absolute Gasteiger partial charge is 0.174 e. The highest BCUT2D eigenvalue weighted by molar-refractivity contribution is 6.32. The van der Waals surface area contributed by atoms with Gasteiger partial charge in [-0.1, -0.05) is 17.7 Å². The van der Waals surface area contributed by atoms with Crippen molar-refractivity contribution in [2.45, 2.75) is 6.61 Å². The second kappa shape index (κ2) is 5.68. The zero-order valence-electron chi connectivity index (χ0n) is 9.66. The van der Waals surface area contributed by atoms with E-state index >= 15 is 0 Å². The molecule has 0 heterocycles. The number of nitrogens with zero attached hydrogens (tertiary/aromatic N) is 1. The normalized spacial score (nSPS) is 10.0. The van der Waals surface area contributed by atoms with Gasteiger partial charge in [-0.3, -0.25) is 0 Å². The van der Waals surface area contributed by atoms with Crippen LogP contribution in [-0.2, 0) is 6.61 Å². The van der Waals surface area contributed by atoms with Crippen LogP contribution in [-0.4, -0.2) is 0 Å². The monoisotopic (exact) mass is 279 g/mol. The van der Waals surface area contributed by atoms with E-state index in [9.17, 15) is 8.78 Å². The number of halogens is 3. The molecule has 0 aromatic heterocycles. The van der Waals surface area contributed by atoms with Crippen LogP contribution in [0.15, 0.2) is 36.4 Å². The minimum atomic E-state index is -0.609. The molecular formula is C14H8ClF2NO. The average Bonchev–Trinajstić information content (AvgIpc) is 2.38. The van der Waals surface area contributed by atoms with Crippen LogP contribution in [0.1, 0.15) is 11.1 Å². The molecule has 19 heavy (non-hydrogen) atoms. The first-order chi connectivity index (χ1) is 9.11. The van der Waals surface area contributed by atoms with Crippen molar-refractivity contribution in [1.82, 2.24) is 0 Å². The first-order valence-corrected chi connectivity index (χ1v) is 5.75. The Bertz CT molecular complexity index is 632. The molecule has 2 nitrogen and oxygen atoms in total. The Balaban J connectivity index is 2.24. The Morgan fingerprint density at radius 3 is 2.68 bits per heavy atom. The van der Waals surface area contributed by atoms with Gasteiger partial charge in [0.1, 0.15) is 12.4 Å². The molecule has 0 saturated heterocycles. The van der Waals surface area contributed by atoms with Crippen molar-refractivity contribution >= 4 is 11.6 Å². The van der Waals surface area contributed by atoms with Crippen molar-refractivity contribution in [2.24, 2.45) is 0 Å². The number of nitriles is 1. The second-order valence-electron chi connectivity index (χ2n) is 3.75. The fourth-order valence-corrected chi connectivity index (χ4v) is 1.78. The number of hydrogen-bond acceptors (Lipinski definition) is 2. The number of benzene rings is 2. The molecule has 2 aromatic carbocycles. The maximum atomic E-state index is 13.5. The molecule has 0 bridgehead atoms. The van der Waals surface area contributed by atoms with E-state index in [-0.39, 0.29) is 22.9 Å². The molecule has 0 unspecified atom stereocenters. The van der Waals surface area contributed by atoms with Crippen LogP contribution in [0.2, 0.25) is 5.02 Å². The van der Waals surface area contributed by atoms with Crippen LogP contribution in [0.3, 0.4) is 0 Å². The molecule has 0 amide bonds. The number of ether oxygens (including phenoxy) is 1. The van der Waals surface area contributed by atoms with Gasteiger partial charge in [0, 0.05) is 5.56 Å². The van der Waals surface area contributed by atoms with Gasteiger partial charge in [-0.15, -0.1) is 0 Å². The summed E-state index contributed by atoms with van der Waals surface area (Å²) < 4.78 is 31.8. The van der Waals surface area contributed by atoms with Crippen LogP contribution in [0, 0.1) is 23.0 Å². The Morgan fingerprint density at radius 2 is 2.00 bits per heavy atom. The minimum absolute atomic E-state index is 0.114. The molecular weight excluding hydrogens is 272 g/mol. The van der Waals surface area contributed by atoms with Crippen molar-refractivity contribution < 1.29 is 13.5 Å². The molecule has 0 atom stereocenters. The lowest BCUT2D eigenvalue weighted by Crippen LogP contribution is -2.01.